The van der Waals surface area contributed by atoms with E-state index in [4.69, 9.17) is 9.47 Å². The largest absolute Gasteiger partial charge is 0.573 e. The number of hydrogen-bond acceptors (Lipinski definition) is 7. The zero-order valence-corrected chi connectivity index (χ0v) is 25.8. The molecule has 256 valence electrons. The number of pyridine rings is 1. The highest BCUT2D eigenvalue weighted by Gasteiger charge is 2.40. The van der Waals surface area contributed by atoms with Crippen LogP contribution in [0.4, 0.5) is 36.4 Å². The quantitative estimate of drug-likeness (QED) is 0.214. The summed E-state index contributed by atoms with van der Waals surface area (Å²) < 4.78 is 111. The highest BCUT2D eigenvalue weighted by atomic mass is 19.4. The first-order valence-electron chi connectivity index (χ1n) is 14.5. The number of carbonyl (C=O) groups excluding carboxylic acids is 2. The van der Waals surface area contributed by atoms with Gasteiger partial charge in [0, 0.05) is 25.8 Å². The molecule has 2 heterocycles. The van der Waals surface area contributed by atoms with E-state index in [1.54, 1.807) is 6.92 Å². The Morgan fingerprint density at radius 3 is 2.30 bits per heavy atom. The van der Waals surface area contributed by atoms with Crippen LogP contribution < -0.4 is 25.1 Å². The van der Waals surface area contributed by atoms with Crippen LogP contribution in [0.15, 0.2) is 35.3 Å². The maximum atomic E-state index is 15.8. The van der Waals surface area contributed by atoms with Crippen LogP contribution in [-0.4, -0.2) is 55.8 Å². The Bertz CT molecular complexity index is 1710. The van der Waals surface area contributed by atoms with Gasteiger partial charge in [0.25, 0.3) is 5.91 Å². The molecule has 1 aliphatic rings. The molecule has 0 aliphatic carbocycles. The number of nitrogens with one attached hydrogen (secondary N) is 1. The minimum absolute atomic E-state index is 0.143. The van der Waals surface area contributed by atoms with Gasteiger partial charge in [-0.25, -0.2) is 4.39 Å². The summed E-state index contributed by atoms with van der Waals surface area (Å²) in [5.74, 6) is -3.78. The lowest BCUT2D eigenvalue weighted by atomic mass is 9.96. The number of methoxy groups -OCH3 is 1. The number of fused-ring (bicyclic) bond motifs is 1. The summed E-state index contributed by atoms with van der Waals surface area (Å²) in [6.45, 7) is 4.08. The molecule has 0 bridgehead atoms. The number of anilines is 1. The highest BCUT2D eigenvalue weighted by Crippen LogP contribution is 2.42. The fourth-order valence-electron chi connectivity index (χ4n) is 5.49. The number of ether oxygens (including phenoxy) is 3. The third-order valence-electron chi connectivity index (χ3n) is 7.96. The van der Waals surface area contributed by atoms with Gasteiger partial charge < -0.3 is 29.0 Å². The number of piperidine rings is 1. The van der Waals surface area contributed by atoms with Crippen LogP contribution in [-0.2, 0) is 16.1 Å². The van der Waals surface area contributed by atoms with Crippen molar-refractivity contribution >= 4 is 28.5 Å². The van der Waals surface area contributed by atoms with Crippen molar-refractivity contribution in [2.24, 2.45) is 5.92 Å². The maximum absolute atomic E-state index is 15.8. The summed E-state index contributed by atoms with van der Waals surface area (Å²) in [6, 6.07) is 1.80. The molecule has 3 aromatic rings. The second-order valence-corrected chi connectivity index (χ2v) is 11.0. The van der Waals surface area contributed by atoms with Gasteiger partial charge in [0.05, 0.1) is 30.5 Å². The number of aromatic nitrogens is 1. The van der Waals surface area contributed by atoms with Gasteiger partial charge in [-0.3, -0.25) is 14.4 Å². The van der Waals surface area contributed by atoms with Crippen molar-refractivity contribution in [2.45, 2.75) is 58.7 Å². The lowest BCUT2D eigenvalue weighted by Crippen LogP contribution is -2.38. The lowest BCUT2D eigenvalue weighted by molar-refractivity contribution is -0.274. The predicted molar refractivity (Wildman–Crippen MR) is 156 cm³/mol. The standard InChI is InChI=1S/C31H32F7N3O6/c1-5-46-29(44)18-8-10-40(11-9-18)25-23(32)13-21-24(27(25)45-4)41(17(3)30(33,34)35)15-22(26(21)42)28(43)39-14-19-6-7-20(12-16(19)2)47-31(36,37)38/h6-7,12-13,15,17-18H,5,8-11,14H2,1-4H3,(H,39,43)/t17-/m1/s1. The number of rotatable bonds is 9. The van der Waals surface area contributed by atoms with Crippen molar-refractivity contribution < 1.29 is 54.5 Å². The van der Waals surface area contributed by atoms with Crippen molar-refractivity contribution in [1.82, 2.24) is 9.88 Å². The Hall–Kier alpha value is -4.50. The molecule has 4 rings (SSSR count). The van der Waals surface area contributed by atoms with Crippen LogP contribution in [0.5, 0.6) is 11.5 Å². The fraction of sp³-hybridized carbons (Fsp3) is 0.452. The van der Waals surface area contributed by atoms with E-state index in [2.05, 4.69) is 10.1 Å². The molecule has 1 aliphatic heterocycles. The summed E-state index contributed by atoms with van der Waals surface area (Å²) in [7, 11) is 1.12. The van der Waals surface area contributed by atoms with Crippen molar-refractivity contribution in [1.29, 1.82) is 0 Å². The van der Waals surface area contributed by atoms with E-state index < -0.39 is 64.3 Å². The number of nitrogens with zero attached hydrogens (tertiary/aromatic N) is 2. The molecule has 1 N–H and O–H groups in total. The van der Waals surface area contributed by atoms with Crippen LogP contribution in [0.1, 0.15) is 54.2 Å². The second kappa shape index (κ2) is 13.7. The first-order valence-corrected chi connectivity index (χ1v) is 14.5. The molecule has 0 unspecified atom stereocenters. The zero-order chi connectivity index (χ0) is 34.8. The van der Waals surface area contributed by atoms with Crippen molar-refractivity contribution in [3.8, 4) is 11.5 Å². The van der Waals surface area contributed by atoms with E-state index in [1.807, 2.05) is 0 Å². The number of amides is 1. The van der Waals surface area contributed by atoms with Crippen LogP contribution in [0.2, 0.25) is 0 Å². The van der Waals surface area contributed by atoms with Gasteiger partial charge in [-0.15, -0.1) is 13.2 Å². The van der Waals surface area contributed by atoms with Gasteiger partial charge in [0.2, 0.25) is 5.43 Å². The number of esters is 1. The Balaban J connectivity index is 1.75. The molecule has 1 amide bonds. The topological polar surface area (TPSA) is 99.1 Å². The first kappa shape index (κ1) is 35.4. The van der Waals surface area contributed by atoms with Crippen molar-refractivity contribution in [2.75, 3.05) is 31.7 Å². The molecular weight excluding hydrogens is 643 g/mol. The maximum Gasteiger partial charge on any atom is 0.573 e. The number of aryl methyl sites for hydroxylation is 1. The minimum atomic E-state index is -4.92. The zero-order valence-electron chi connectivity index (χ0n) is 25.8. The molecule has 1 fully saturated rings. The van der Waals surface area contributed by atoms with E-state index >= 15 is 4.39 Å². The molecule has 1 atom stereocenters. The van der Waals surface area contributed by atoms with E-state index in [1.165, 1.54) is 17.9 Å². The summed E-state index contributed by atoms with van der Waals surface area (Å²) in [6.07, 6.45) is -8.51. The summed E-state index contributed by atoms with van der Waals surface area (Å²) in [5.41, 5.74) is -1.76. The molecule has 1 saturated heterocycles. The van der Waals surface area contributed by atoms with E-state index in [-0.39, 0.29) is 56.0 Å². The molecule has 0 radical (unpaired) electrons. The first-order chi connectivity index (χ1) is 22.0. The van der Waals surface area contributed by atoms with Gasteiger partial charge in [0.1, 0.15) is 23.0 Å². The van der Waals surface area contributed by atoms with Crippen molar-refractivity contribution in [3.05, 3.63) is 63.2 Å². The Morgan fingerprint density at radius 1 is 1.09 bits per heavy atom. The van der Waals surface area contributed by atoms with Crippen LogP contribution in [0, 0.1) is 18.7 Å². The number of halogens is 7. The van der Waals surface area contributed by atoms with Gasteiger partial charge in [-0.05, 0) is 62.9 Å². The highest BCUT2D eigenvalue weighted by molar-refractivity contribution is 6.00. The molecule has 0 saturated carbocycles. The molecule has 2 aromatic carbocycles. The van der Waals surface area contributed by atoms with Crippen LogP contribution in [0.25, 0.3) is 10.9 Å². The fourth-order valence-corrected chi connectivity index (χ4v) is 5.49. The van der Waals surface area contributed by atoms with E-state index in [9.17, 15) is 40.7 Å². The number of carbonyl (C=O) groups is 2. The molecular formula is C31H32F7N3O6. The van der Waals surface area contributed by atoms with Gasteiger partial charge >= 0.3 is 18.5 Å². The summed E-state index contributed by atoms with van der Waals surface area (Å²) in [5, 5.41) is 1.85. The van der Waals surface area contributed by atoms with E-state index in [0.29, 0.717) is 15.7 Å². The second-order valence-electron chi connectivity index (χ2n) is 11.0. The SMILES string of the molecule is CCOC(=O)C1CCN(c2c(F)cc3c(=O)c(C(=O)NCc4ccc(OC(F)(F)F)cc4C)cn([C@H](C)C(F)(F)F)c3c2OC)CC1. The molecule has 1 aromatic heterocycles. The van der Waals surface area contributed by atoms with Crippen LogP contribution >= 0.6 is 0 Å². The third-order valence-corrected chi connectivity index (χ3v) is 7.96. The summed E-state index contributed by atoms with van der Waals surface area (Å²) in [4.78, 5) is 40.5. The smallest absolute Gasteiger partial charge is 0.492 e. The average molecular weight is 676 g/mol. The normalized spacial score (nSPS) is 15.0. The lowest BCUT2D eigenvalue weighted by Gasteiger charge is -2.34. The Morgan fingerprint density at radius 2 is 1.74 bits per heavy atom. The van der Waals surface area contributed by atoms with Gasteiger partial charge in [-0.2, -0.15) is 13.2 Å². The number of alkyl halides is 6. The average Bonchev–Trinajstić information content (AvgIpc) is 2.99. The van der Waals surface area contributed by atoms with Crippen molar-refractivity contribution in [3.63, 3.8) is 0 Å². The number of hydrogen-bond donors (Lipinski definition) is 1. The van der Waals surface area contributed by atoms with Gasteiger partial charge in [-0.1, -0.05) is 6.07 Å². The van der Waals surface area contributed by atoms with E-state index in [0.717, 1.165) is 38.4 Å². The summed E-state index contributed by atoms with van der Waals surface area (Å²) >= 11 is 0. The monoisotopic (exact) mass is 675 g/mol. The Labute approximate surface area is 264 Å². The van der Waals surface area contributed by atoms with Crippen LogP contribution in [0.3, 0.4) is 0 Å². The Kier molecular flexibility index (Phi) is 10.3. The third kappa shape index (κ3) is 7.73. The minimum Gasteiger partial charge on any atom is -0.492 e. The number of benzene rings is 2. The molecule has 9 nitrogen and oxygen atoms in total. The molecule has 16 heteroatoms. The molecule has 47 heavy (non-hydrogen) atoms. The van der Waals surface area contributed by atoms with Gasteiger partial charge in [0.15, 0.2) is 11.6 Å². The predicted octanol–water partition coefficient (Wildman–Crippen LogP) is 6.19. The molecule has 0 spiro atoms.